The Hall–Kier alpha value is -3.49. The average molecular weight is 410 g/mol. The van der Waals surface area contributed by atoms with Gasteiger partial charge in [-0.1, -0.05) is 23.4 Å². The van der Waals surface area contributed by atoms with Crippen LogP contribution in [0.4, 0.5) is 5.69 Å². The number of para-hydroxylation sites is 1. The number of aromatic nitrogens is 3. The molecule has 0 N–H and O–H groups in total. The highest BCUT2D eigenvalue weighted by Gasteiger charge is 2.31. The lowest BCUT2D eigenvalue weighted by Crippen LogP contribution is -2.42. The number of nitrogens with zero attached hydrogens (tertiary/aromatic N) is 4. The first-order valence-corrected chi connectivity index (χ1v) is 9.89. The first-order valence-electron chi connectivity index (χ1n) is 9.89. The first-order chi connectivity index (χ1) is 14.4. The molecule has 2 aromatic heterocycles. The number of hydrogen-bond donors (Lipinski definition) is 0. The monoisotopic (exact) mass is 410 g/mol. The van der Waals surface area contributed by atoms with Crippen LogP contribution in [-0.2, 0) is 16.0 Å². The second-order valence-electron chi connectivity index (χ2n) is 7.16. The van der Waals surface area contributed by atoms with Crippen LogP contribution in [0.5, 0.6) is 0 Å². The summed E-state index contributed by atoms with van der Waals surface area (Å²) in [6, 6.07) is 6.93. The van der Waals surface area contributed by atoms with Gasteiger partial charge in [0, 0.05) is 12.2 Å². The highest BCUT2D eigenvalue weighted by molar-refractivity contribution is 6.00. The van der Waals surface area contributed by atoms with Gasteiger partial charge in [-0.15, -0.1) is 0 Å². The Morgan fingerprint density at radius 1 is 1.30 bits per heavy atom. The Balaban J connectivity index is 1.78. The van der Waals surface area contributed by atoms with E-state index in [1.807, 2.05) is 24.3 Å². The van der Waals surface area contributed by atoms with E-state index in [4.69, 9.17) is 9.26 Å². The summed E-state index contributed by atoms with van der Waals surface area (Å²) in [4.78, 5) is 44.7. The van der Waals surface area contributed by atoms with E-state index in [1.165, 1.54) is 4.57 Å². The molecule has 1 aliphatic heterocycles. The van der Waals surface area contributed by atoms with Crippen LogP contribution in [0, 0.1) is 6.92 Å². The zero-order valence-corrected chi connectivity index (χ0v) is 17.0. The van der Waals surface area contributed by atoms with E-state index >= 15 is 0 Å². The van der Waals surface area contributed by atoms with E-state index in [0.29, 0.717) is 12.4 Å². The molecule has 0 spiro atoms. The van der Waals surface area contributed by atoms with Crippen molar-refractivity contribution in [2.75, 3.05) is 18.1 Å². The van der Waals surface area contributed by atoms with Gasteiger partial charge in [-0.2, -0.15) is 4.98 Å². The summed E-state index contributed by atoms with van der Waals surface area (Å²) < 4.78 is 11.3. The summed E-state index contributed by atoms with van der Waals surface area (Å²) in [6.07, 6.45) is 1.75. The maximum atomic E-state index is 13.4. The number of rotatable bonds is 4. The number of carbonyl (C=O) groups excluding carboxylic acids is 2. The molecule has 1 aromatic carbocycles. The Labute approximate surface area is 172 Å². The molecule has 156 valence electrons. The summed E-state index contributed by atoms with van der Waals surface area (Å²) in [5, 5.41) is 3.57. The molecule has 9 nitrogen and oxygen atoms in total. The third-order valence-electron chi connectivity index (χ3n) is 5.31. The van der Waals surface area contributed by atoms with Crippen molar-refractivity contribution in [3.05, 3.63) is 51.7 Å². The van der Waals surface area contributed by atoms with E-state index in [2.05, 4.69) is 10.1 Å². The zero-order valence-electron chi connectivity index (χ0n) is 17.0. The fraction of sp³-hybridized carbons (Fsp3) is 0.381. The number of esters is 1. The normalized spacial score (nSPS) is 14.4. The zero-order chi connectivity index (χ0) is 21.4. The highest BCUT2D eigenvalue weighted by Crippen LogP contribution is 2.29. The van der Waals surface area contributed by atoms with Crippen LogP contribution in [-0.4, -0.2) is 39.7 Å². The van der Waals surface area contributed by atoms with Crippen molar-refractivity contribution in [3.63, 3.8) is 0 Å². The van der Waals surface area contributed by atoms with Gasteiger partial charge in [-0.05, 0) is 45.2 Å². The van der Waals surface area contributed by atoms with Gasteiger partial charge in [0.1, 0.15) is 17.3 Å². The molecule has 0 saturated carbocycles. The van der Waals surface area contributed by atoms with Crippen LogP contribution in [0.1, 0.15) is 48.2 Å². The van der Waals surface area contributed by atoms with E-state index in [9.17, 15) is 14.4 Å². The van der Waals surface area contributed by atoms with Crippen molar-refractivity contribution in [1.29, 1.82) is 0 Å². The Bertz CT molecular complexity index is 1200. The Morgan fingerprint density at radius 3 is 2.83 bits per heavy atom. The number of hydrogen-bond acceptors (Lipinski definition) is 7. The molecule has 0 aliphatic carbocycles. The van der Waals surface area contributed by atoms with Crippen molar-refractivity contribution in [2.24, 2.45) is 0 Å². The largest absolute Gasteiger partial charge is 0.461 e. The van der Waals surface area contributed by atoms with E-state index in [0.717, 1.165) is 24.1 Å². The van der Waals surface area contributed by atoms with Crippen LogP contribution in [0.25, 0.3) is 11.1 Å². The molecule has 1 amide bonds. The third kappa shape index (κ3) is 3.16. The lowest BCUT2D eigenvalue weighted by Gasteiger charge is -2.32. The molecule has 9 heteroatoms. The fourth-order valence-corrected chi connectivity index (χ4v) is 3.91. The van der Waals surface area contributed by atoms with E-state index in [1.54, 1.807) is 25.7 Å². The molecule has 0 fully saturated rings. The number of benzene rings is 1. The van der Waals surface area contributed by atoms with Crippen molar-refractivity contribution < 1.29 is 18.8 Å². The smallest absolute Gasteiger partial charge is 0.361 e. The van der Waals surface area contributed by atoms with Crippen molar-refractivity contribution in [2.45, 2.75) is 39.7 Å². The van der Waals surface area contributed by atoms with Crippen LogP contribution in [0.15, 0.2) is 33.6 Å². The topological polar surface area (TPSA) is 108 Å². The summed E-state index contributed by atoms with van der Waals surface area (Å²) >= 11 is 0. The van der Waals surface area contributed by atoms with Crippen LogP contribution >= 0.6 is 0 Å². The lowest BCUT2D eigenvalue weighted by atomic mass is 10.0. The molecule has 30 heavy (non-hydrogen) atoms. The molecule has 0 bridgehead atoms. The second-order valence-corrected chi connectivity index (χ2v) is 7.16. The van der Waals surface area contributed by atoms with Gasteiger partial charge in [-0.3, -0.25) is 14.2 Å². The van der Waals surface area contributed by atoms with Crippen molar-refractivity contribution >= 4 is 28.7 Å². The SMILES string of the molecule is CCOC(=O)c1noc2nc(C)n([C@@H](C)C(=O)N3CCCc4ccccc43)c(=O)c12. The molecule has 0 radical (unpaired) electrons. The van der Waals surface area contributed by atoms with E-state index < -0.39 is 17.6 Å². The summed E-state index contributed by atoms with van der Waals surface area (Å²) in [7, 11) is 0. The molecule has 0 unspecified atom stereocenters. The summed E-state index contributed by atoms with van der Waals surface area (Å²) in [5.41, 5.74) is 1.11. The van der Waals surface area contributed by atoms with Gasteiger partial charge in [0.05, 0.1) is 6.61 Å². The quantitative estimate of drug-likeness (QED) is 0.608. The van der Waals surface area contributed by atoms with Gasteiger partial charge in [0.25, 0.3) is 11.3 Å². The van der Waals surface area contributed by atoms with Crippen molar-refractivity contribution in [3.8, 4) is 0 Å². The molecule has 0 saturated heterocycles. The number of fused-ring (bicyclic) bond motifs is 2. The van der Waals surface area contributed by atoms with Crippen LogP contribution < -0.4 is 10.5 Å². The standard InChI is InChI=1S/C21H22N4O5/c1-4-29-21(28)17-16-18(30-23-17)22-13(3)25(20(16)27)12(2)19(26)24-11-7-9-14-8-5-6-10-15(14)24/h5-6,8,10,12H,4,7,9,11H2,1-3H3/t12-/m0/s1. The van der Waals surface area contributed by atoms with Gasteiger partial charge >= 0.3 is 5.97 Å². The highest BCUT2D eigenvalue weighted by atomic mass is 16.5. The molecule has 4 rings (SSSR count). The number of aryl methyl sites for hydroxylation is 2. The molecule has 1 atom stereocenters. The van der Waals surface area contributed by atoms with Gasteiger partial charge in [0.2, 0.25) is 11.6 Å². The summed E-state index contributed by atoms with van der Waals surface area (Å²) in [6.45, 7) is 5.62. The van der Waals surface area contributed by atoms with E-state index in [-0.39, 0.29) is 29.3 Å². The minimum atomic E-state index is -0.828. The molecular formula is C21H22N4O5. The molecule has 3 aromatic rings. The first kappa shape index (κ1) is 19.8. The van der Waals surface area contributed by atoms with Crippen LogP contribution in [0.2, 0.25) is 0 Å². The number of amides is 1. The maximum Gasteiger partial charge on any atom is 0.361 e. The number of carbonyl (C=O) groups is 2. The average Bonchev–Trinajstić information content (AvgIpc) is 3.17. The van der Waals surface area contributed by atoms with Gasteiger partial charge < -0.3 is 14.2 Å². The summed E-state index contributed by atoms with van der Waals surface area (Å²) in [5.74, 6) is -0.692. The molecule has 3 heterocycles. The predicted octanol–water partition coefficient (Wildman–Crippen LogP) is 2.41. The lowest BCUT2D eigenvalue weighted by molar-refractivity contribution is -0.121. The number of ether oxygens (including phenoxy) is 1. The maximum absolute atomic E-state index is 13.4. The molecule has 1 aliphatic rings. The third-order valence-corrected chi connectivity index (χ3v) is 5.31. The fourth-order valence-electron chi connectivity index (χ4n) is 3.91. The minimum absolute atomic E-state index is 0.0558. The molecular weight excluding hydrogens is 388 g/mol. The van der Waals surface area contributed by atoms with Gasteiger partial charge in [0.15, 0.2) is 0 Å². The Kier molecular flexibility index (Phi) is 5.11. The Morgan fingerprint density at radius 2 is 2.07 bits per heavy atom. The van der Waals surface area contributed by atoms with Gasteiger partial charge in [-0.25, -0.2) is 4.79 Å². The van der Waals surface area contributed by atoms with Crippen molar-refractivity contribution in [1.82, 2.24) is 14.7 Å². The predicted molar refractivity (Wildman–Crippen MR) is 109 cm³/mol. The minimum Gasteiger partial charge on any atom is -0.461 e. The number of anilines is 1. The van der Waals surface area contributed by atoms with Crippen LogP contribution in [0.3, 0.4) is 0 Å². The second kappa shape index (κ2) is 7.74.